The van der Waals surface area contributed by atoms with Gasteiger partial charge in [0.2, 0.25) is 0 Å². The van der Waals surface area contributed by atoms with Crippen molar-refractivity contribution in [1.82, 2.24) is 9.88 Å². The van der Waals surface area contributed by atoms with Crippen LogP contribution in [0.4, 0.5) is 0 Å². The molecule has 1 aliphatic heterocycles. The molecule has 1 aromatic heterocycles. The maximum atomic E-state index is 5.77. The van der Waals surface area contributed by atoms with Gasteiger partial charge in [0.05, 0.1) is 17.9 Å². The lowest BCUT2D eigenvalue weighted by molar-refractivity contribution is -0.0707. The number of aromatic nitrogens is 1. The summed E-state index contributed by atoms with van der Waals surface area (Å²) in [4.78, 5) is 7.19. The number of rotatable bonds is 3. The van der Waals surface area contributed by atoms with Crippen LogP contribution in [-0.4, -0.2) is 35.2 Å². The Morgan fingerprint density at radius 1 is 1.20 bits per heavy atom. The summed E-state index contributed by atoms with van der Waals surface area (Å²) in [7, 11) is 0. The Labute approximate surface area is 124 Å². The van der Waals surface area contributed by atoms with Crippen molar-refractivity contribution in [1.29, 1.82) is 0 Å². The van der Waals surface area contributed by atoms with Crippen LogP contribution in [0.15, 0.2) is 35.7 Å². The summed E-state index contributed by atoms with van der Waals surface area (Å²) in [6, 6.07) is 10.4. The van der Waals surface area contributed by atoms with Gasteiger partial charge >= 0.3 is 0 Å². The zero-order chi connectivity index (χ0) is 13.9. The molecule has 1 aliphatic rings. The van der Waals surface area contributed by atoms with Crippen molar-refractivity contribution in [2.45, 2.75) is 32.6 Å². The average Bonchev–Trinajstić information content (AvgIpc) is 2.87. The second-order valence-electron chi connectivity index (χ2n) is 5.46. The molecule has 3 nitrogen and oxygen atoms in total. The highest BCUT2D eigenvalue weighted by molar-refractivity contribution is 7.13. The van der Waals surface area contributed by atoms with E-state index in [1.165, 1.54) is 5.56 Å². The fourth-order valence-electron chi connectivity index (χ4n) is 2.74. The van der Waals surface area contributed by atoms with E-state index in [1.54, 1.807) is 11.3 Å². The van der Waals surface area contributed by atoms with Crippen molar-refractivity contribution in [2.75, 3.05) is 13.1 Å². The van der Waals surface area contributed by atoms with Crippen LogP contribution in [0.2, 0.25) is 0 Å². The first-order chi connectivity index (χ1) is 9.70. The number of benzene rings is 1. The Kier molecular flexibility index (Phi) is 4.15. The molecule has 0 aliphatic carbocycles. The molecule has 0 unspecified atom stereocenters. The quantitative estimate of drug-likeness (QED) is 0.865. The third-order valence-electron chi connectivity index (χ3n) is 3.45. The molecule has 4 heteroatoms. The van der Waals surface area contributed by atoms with E-state index in [2.05, 4.69) is 48.4 Å². The van der Waals surface area contributed by atoms with Gasteiger partial charge < -0.3 is 4.74 Å². The van der Waals surface area contributed by atoms with Gasteiger partial charge in [0.15, 0.2) is 0 Å². The molecule has 2 atom stereocenters. The number of hydrogen-bond acceptors (Lipinski definition) is 4. The van der Waals surface area contributed by atoms with E-state index in [1.807, 2.05) is 6.07 Å². The molecule has 1 fully saturated rings. The van der Waals surface area contributed by atoms with Crippen LogP contribution in [0.3, 0.4) is 0 Å². The highest BCUT2D eigenvalue weighted by Crippen LogP contribution is 2.24. The summed E-state index contributed by atoms with van der Waals surface area (Å²) >= 11 is 1.72. The van der Waals surface area contributed by atoms with Gasteiger partial charge in [-0.25, -0.2) is 4.98 Å². The largest absolute Gasteiger partial charge is 0.373 e. The normalized spacial score (nSPS) is 23.9. The molecule has 1 aromatic carbocycles. The van der Waals surface area contributed by atoms with Gasteiger partial charge in [0.25, 0.3) is 0 Å². The maximum absolute atomic E-state index is 5.77. The van der Waals surface area contributed by atoms with Gasteiger partial charge in [0, 0.05) is 30.6 Å². The van der Waals surface area contributed by atoms with E-state index in [0.717, 1.165) is 30.3 Å². The van der Waals surface area contributed by atoms with Crippen LogP contribution in [-0.2, 0) is 11.3 Å². The molecule has 1 saturated heterocycles. The topological polar surface area (TPSA) is 25.4 Å². The summed E-state index contributed by atoms with van der Waals surface area (Å²) in [6.45, 7) is 7.17. The number of ether oxygens (including phenoxy) is 1. The van der Waals surface area contributed by atoms with E-state index in [0.29, 0.717) is 12.2 Å². The lowest BCUT2D eigenvalue weighted by atomic mass is 10.2. The zero-order valence-corrected chi connectivity index (χ0v) is 12.8. The van der Waals surface area contributed by atoms with E-state index >= 15 is 0 Å². The zero-order valence-electron chi connectivity index (χ0n) is 12.0. The minimum absolute atomic E-state index is 0.311. The van der Waals surface area contributed by atoms with Crippen molar-refractivity contribution in [3.63, 3.8) is 0 Å². The summed E-state index contributed by atoms with van der Waals surface area (Å²) in [5.41, 5.74) is 2.36. The minimum Gasteiger partial charge on any atom is -0.373 e. The van der Waals surface area contributed by atoms with Crippen molar-refractivity contribution in [3.05, 3.63) is 41.4 Å². The Hall–Kier alpha value is -1.23. The monoisotopic (exact) mass is 288 g/mol. The average molecular weight is 288 g/mol. The van der Waals surface area contributed by atoms with Crippen molar-refractivity contribution >= 4 is 11.3 Å². The number of nitrogens with zero attached hydrogens (tertiary/aromatic N) is 2. The van der Waals surface area contributed by atoms with Crippen LogP contribution < -0.4 is 0 Å². The second kappa shape index (κ2) is 6.04. The van der Waals surface area contributed by atoms with Gasteiger partial charge in [0.1, 0.15) is 5.01 Å². The Balaban J connectivity index is 1.68. The number of thiazole rings is 1. The van der Waals surface area contributed by atoms with Crippen LogP contribution in [0.1, 0.15) is 19.5 Å². The third kappa shape index (κ3) is 3.26. The molecule has 3 rings (SSSR count). The van der Waals surface area contributed by atoms with Crippen LogP contribution in [0.25, 0.3) is 10.6 Å². The Morgan fingerprint density at radius 2 is 1.90 bits per heavy atom. The van der Waals surface area contributed by atoms with Gasteiger partial charge in [-0.1, -0.05) is 30.3 Å². The Morgan fingerprint density at radius 3 is 2.60 bits per heavy atom. The number of hydrogen-bond donors (Lipinski definition) is 0. The first kappa shape index (κ1) is 13.7. The van der Waals surface area contributed by atoms with Crippen molar-refractivity contribution in [2.24, 2.45) is 0 Å². The van der Waals surface area contributed by atoms with E-state index in [9.17, 15) is 0 Å². The van der Waals surface area contributed by atoms with E-state index in [-0.39, 0.29) is 0 Å². The van der Waals surface area contributed by atoms with Crippen molar-refractivity contribution < 1.29 is 4.74 Å². The molecule has 0 bridgehead atoms. The van der Waals surface area contributed by atoms with Gasteiger partial charge in [-0.05, 0) is 13.8 Å². The maximum Gasteiger partial charge on any atom is 0.123 e. The summed E-state index contributed by atoms with van der Waals surface area (Å²) in [5, 5.41) is 3.28. The molecule has 20 heavy (non-hydrogen) atoms. The standard InChI is InChI=1S/C16H20N2OS/c1-12-8-18(9-13(2)19-12)10-15-11-20-16(17-15)14-6-4-3-5-7-14/h3-7,11-13H,8-10H2,1-2H3/t12-,13-/m0/s1. The number of morpholine rings is 1. The van der Waals surface area contributed by atoms with Crippen LogP contribution in [0.5, 0.6) is 0 Å². The summed E-state index contributed by atoms with van der Waals surface area (Å²) < 4.78 is 5.77. The molecule has 2 aromatic rings. The molecule has 0 saturated carbocycles. The minimum atomic E-state index is 0.311. The lowest BCUT2D eigenvalue weighted by Gasteiger charge is -2.34. The van der Waals surface area contributed by atoms with Gasteiger partial charge in [-0.3, -0.25) is 4.90 Å². The SMILES string of the molecule is C[C@H]1CN(Cc2csc(-c3ccccc3)n2)C[C@H](C)O1. The van der Waals surface area contributed by atoms with E-state index < -0.39 is 0 Å². The first-order valence-electron chi connectivity index (χ1n) is 7.08. The fraction of sp³-hybridized carbons (Fsp3) is 0.438. The summed E-state index contributed by atoms with van der Waals surface area (Å²) in [5.74, 6) is 0. The van der Waals surface area contributed by atoms with E-state index in [4.69, 9.17) is 9.72 Å². The molecular formula is C16H20N2OS. The predicted octanol–water partition coefficient (Wildman–Crippen LogP) is 3.42. The highest BCUT2D eigenvalue weighted by atomic mass is 32.1. The molecule has 0 spiro atoms. The first-order valence-corrected chi connectivity index (χ1v) is 7.96. The third-order valence-corrected chi connectivity index (χ3v) is 4.39. The van der Waals surface area contributed by atoms with Crippen molar-refractivity contribution in [3.8, 4) is 10.6 Å². The fourth-order valence-corrected chi connectivity index (χ4v) is 3.55. The molecule has 2 heterocycles. The smallest absolute Gasteiger partial charge is 0.123 e. The molecule has 0 amide bonds. The predicted molar refractivity (Wildman–Crippen MR) is 82.8 cm³/mol. The second-order valence-corrected chi connectivity index (χ2v) is 6.32. The summed E-state index contributed by atoms with van der Waals surface area (Å²) in [6.07, 6.45) is 0.622. The molecule has 106 valence electrons. The highest BCUT2D eigenvalue weighted by Gasteiger charge is 2.22. The lowest BCUT2D eigenvalue weighted by Crippen LogP contribution is -2.44. The Bertz CT molecular complexity index is 545. The van der Waals surface area contributed by atoms with Crippen LogP contribution in [0, 0.1) is 0 Å². The van der Waals surface area contributed by atoms with Gasteiger partial charge in [-0.15, -0.1) is 11.3 Å². The van der Waals surface area contributed by atoms with Gasteiger partial charge in [-0.2, -0.15) is 0 Å². The van der Waals surface area contributed by atoms with Crippen LogP contribution >= 0.6 is 11.3 Å². The molecular weight excluding hydrogens is 268 g/mol. The molecule has 0 radical (unpaired) electrons. The molecule has 0 N–H and O–H groups in total.